The number of halogens is 2. The van der Waals surface area contributed by atoms with E-state index in [1.165, 1.54) is 19.1 Å². The van der Waals surface area contributed by atoms with E-state index >= 15 is 0 Å². The molecule has 0 aliphatic carbocycles. The molecule has 7 heteroatoms. The monoisotopic (exact) mass is 377 g/mol. The van der Waals surface area contributed by atoms with Gasteiger partial charge in [-0.2, -0.15) is 0 Å². The van der Waals surface area contributed by atoms with E-state index in [4.69, 9.17) is 9.47 Å². The first-order valence-corrected chi connectivity index (χ1v) is 8.46. The van der Waals surface area contributed by atoms with E-state index in [-0.39, 0.29) is 11.3 Å². The number of hydrogen-bond acceptors (Lipinski definition) is 4. The molecule has 0 saturated carbocycles. The number of rotatable bonds is 7. The number of hydrogen-bond donors (Lipinski definition) is 1. The van der Waals surface area contributed by atoms with E-state index in [1.54, 1.807) is 12.1 Å². The van der Waals surface area contributed by atoms with Crippen LogP contribution in [0.5, 0.6) is 5.75 Å². The predicted molar refractivity (Wildman–Crippen MR) is 96.6 cm³/mol. The van der Waals surface area contributed by atoms with Crippen LogP contribution >= 0.6 is 0 Å². The molecular formula is C20H21F2NO4. The van der Waals surface area contributed by atoms with Gasteiger partial charge in [-0.1, -0.05) is 19.9 Å². The summed E-state index contributed by atoms with van der Waals surface area (Å²) in [7, 11) is 0. The first-order chi connectivity index (χ1) is 12.8. The zero-order chi connectivity index (χ0) is 20.0. The van der Waals surface area contributed by atoms with Gasteiger partial charge in [0.05, 0.1) is 17.9 Å². The second-order valence-corrected chi connectivity index (χ2v) is 6.39. The van der Waals surface area contributed by atoms with Crippen LogP contribution in [0.2, 0.25) is 0 Å². The van der Waals surface area contributed by atoms with Gasteiger partial charge in [0, 0.05) is 6.07 Å². The topological polar surface area (TPSA) is 64.6 Å². The Morgan fingerprint density at radius 2 is 1.81 bits per heavy atom. The van der Waals surface area contributed by atoms with Crippen molar-refractivity contribution < 1.29 is 27.8 Å². The summed E-state index contributed by atoms with van der Waals surface area (Å²) >= 11 is 0. The number of anilines is 1. The van der Waals surface area contributed by atoms with Gasteiger partial charge in [-0.15, -0.1) is 0 Å². The summed E-state index contributed by atoms with van der Waals surface area (Å²) < 4.78 is 37.4. The molecule has 0 radical (unpaired) electrons. The van der Waals surface area contributed by atoms with Crippen LogP contribution in [0.3, 0.4) is 0 Å². The predicted octanol–water partition coefficient (Wildman–Crippen LogP) is 4.18. The maximum Gasteiger partial charge on any atom is 0.339 e. The fourth-order valence-electron chi connectivity index (χ4n) is 2.09. The molecule has 0 aliphatic rings. The highest BCUT2D eigenvalue weighted by Crippen LogP contribution is 2.18. The van der Waals surface area contributed by atoms with E-state index in [9.17, 15) is 18.4 Å². The molecule has 1 atom stereocenters. The maximum absolute atomic E-state index is 13.6. The molecule has 0 bridgehead atoms. The van der Waals surface area contributed by atoms with Gasteiger partial charge in [-0.25, -0.2) is 13.6 Å². The van der Waals surface area contributed by atoms with E-state index in [1.807, 2.05) is 13.8 Å². The van der Waals surface area contributed by atoms with Gasteiger partial charge in [0.25, 0.3) is 5.91 Å². The Morgan fingerprint density at radius 3 is 2.52 bits per heavy atom. The minimum atomic E-state index is -1.21. The zero-order valence-corrected chi connectivity index (χ0v) is 15.3. The first kappa shape index (κ1) is 20.4. The molecule has 5 nitrogen and oxygen atoms in total. The Hall–Kier alpha value is -2.96. The van der Waals surface area contributed by atoms with Crippen molar-refractivity contribution in [3.8, 4) is 5.75 Å². The lowest BCUT2D eigenvalue weighted by Gasteiger charge is -2.14. The summed E-state index contributed by atoms with van der Waals surface area (Å²) in [6.45, 7) is 5.83. The van der Waals surface area contributed by atoms with Crippen molar-refractivity contribution in [1.82, 2.24) is 0 Å². The van der Waals surface area contributed by atoms with Crippen molar-refractivity contribution in [2.75, 3.05) is 11.9 Å². The summed E-state index contributed by atoms with van der Waals surface area (Å²) in [5.74, 6) is -2.16. The smallest absolute Gasteiger partial charge is 0.339 e. The number of carbonyl (C=O) groups is 2. The van der Waals surface area contributed by atoms with Gasteiger partial charge in [0.15, 0.2) is 6.10 Å². The van der Waals surface area contributed by atoms with Crippen LogP contribution in [0.25, 0.3) is 0 Å². The molecule has 0 unspecified atom stereocenters. The van der Waals surface area contributed by atoms with Gasteiger partial charge < -0.3 is 14.8 Å². The highest BCUT2D eigenvalue weighted by molar-refractivity contribution is 5.97. The second kappa shape index (κ2) is 9.12. The normalized spacial score (nSPS) is 11.8. The summed E-state index contributed by atoms with van der Waals surface area (Å²) in [6, 6.07) is 9.06. The lowest BCUT2D eigenvalue weighted by Crippen LogP contribution is -2.30. The van der Waals surface area contributed by atoms with Crippen molar-refractivity contribution in [3.05, 3.63) is 59.7 Å². The van der Waals surface area contributed by atoms with Crippen molar-refractivity contribution in [2.45, 2.75) is 26.9 Å². The minimum absolute atomic E-state index is 0.216. The molecule has 0 saturated heterocycles. The molecule has 0 aromatic heterocycles. The molecule has 144 valence electrons. The average Bonchev–Trinajstić information content (AvgIpc) is 2.63. The Balaban J connectivity index is 1.99. The van der Waals surface area contributed by atoms with Gasteiger partial charge in [-0.05, 0) is 43.2 Å². The molecule has 0 aliphatic heterocycles. The highest BCUT2D eigenvalue weighted by atomic mass is 19.1. The number of ether oxygens (including phenoxy) is 2. The van der Waals surface area contributed by atoms with E-state index in [2.05, 4.69) is 5.32 Å². The van der Waals surface area contributed by atoms with Crippen molar-refractivity contribution in [2.24, 2.45) is 5.92 Å². The fourth-order valence-corrected chi connectivity index (χ4v) is 2.09. The van der Waals surface area contributed by atoms with E-state index in [0.29, 0.717) is 18.3 Å². The summed E-state index contributed by atoms with van der Waals surface area (Å²) in [4.78, 5) is 24.3. The quantitative estimate of drug-likeness (QED) is 0.735. The number of benzene rings is 2. The number of amides is 1. The molecular weight excluding hydrogens is 356 g/mol. The van der Waals surface area contributed by atoms with Crippen LogP contribution in [0.15, 0.2) is 42.5 Å². The molecule has 1 N–H and O–H groups in total. The van der Waals surface area contributed by atoms with Crippen molar-refractivity contribution in [1.29, 1.82) is 0 Å². The van der Waals surface area contributed by atoms with Crippen LogP contribution in [-0.4, -0.2) is 24.6 Å². The maximum atomic E-state index is 13.6. The number of esters is 1. The molecule has 27 heavy (non-hydrogen) atoms. The van der Waals surface area contributed by atoms with Gasteiger partial charge in [-0.3, -0.25) is 4.79 Å². The molecule has 2 rings (SSSR count). The van der Waals surface area contributed by atoms with Crippen LogP contribution in [0.4, 0.5) is 14.5 Å². The summed E-state index contributed by atoms with van der Waals surface area (Å²) in [5, 5.41) is 2.20. The van der Waals surface area contributed by atoms with E-state index < -0.39 is 29.6 Å². The zero-order valence-electron chi connectivity index (χ0n) is 15.3. The third-order valence-electron chi connectivity index (χ3n) is 3.49. The molecule has 1 amide bonds. The fraction of sp³-hybridized carbons (Fsp3) is 0.300. The Kier molecular flexibility index (Phi) is 6.87. The standard InChI is InChI=1S/C20H21F2NO4/c1-12(2)11-26-16-6-4-5-14(9-16)20(25)27-13(3)19(24)23-18-10-15(21)7-8-17(18)22/h4-10,12-13H,11H2,1-3H3,(H,23,24)/t13-/m1/s1. The van der Waals surface area contributed by atoms with Gasteiger partial charge >= 0.3 is 5.97 Å². The Labute approximate surface area is 156 Å². The van der Waals surface area contributed by atoms with Crippen molar-refractivity contribution in [3.63, 3.8) is 0 Å². The van der Waals surface area contributed by atoms with Crippen LogP contribution in [0.1, 0.15) is 31.1 Å². The second-order valence-electron chi connectivity index (χ2n) is 6.39. The lowest BCUT2D eigenvalue weighted by atomic mass is 10.2. The minimum Gasteiger partial charge on any atom is -0.493 e. The first-order valence-electron chi connectivity index (χ1n) is 8.46. The van der Waals surface area contributed by atoms with Crippen LogP contribution in [0, 0.1) is 17.6 Å². The summed E-state index contributed by atoms with van der Waals surface area (Å²) in [5.41, 5.74) is -0.111. The molecule has 2 aromatic rings. The largest absolute Gasteiger partial charge is 0.493 e. The number of nitrogens with one attached hydrogen (secondary N) is 1. The molecule has 2 aromatic carbocycles. The molecule has 0 heterocycles. The molecule has 0 spiro atoms. The Morgan fingerprint density at radius 1 is 1.07 bits per heavy atom. The lowest BCUT2D eigenvalue weighted by molar-refractivity contribution is -0.123. The van der Waals surface area contributed by atoms with Gasteiger partial charge in [0.2, 0.25) is 0 Å². The third kappa shape index (κ3) is 6.06. The van der Waals surface area contributed by atoms with Gasteiger partial charge in [0.1, 0.15) is 17.4 Å². The SMILES string of the molecule is CC(C)COc1cccc(C(=O)O[C@H](C)C(=O)Nc2cc(F)ccc2F)c1. The van der Waals surface area contributed by atoms with Crippen molar-refractivity contribution >= 4 is 17.6 Å². The van der Waals surface area contributed by atoms with Crippen LogP contribution < -0.4 is 10.1 Å². The highest BCUT2D eigenvalue weighted by Gasteiger charge is 2.20. The van der Waals surface area contributed by atoms with Crippen LogP contribution in [-0.2, 0) is 9.53 Å². The van der Waals surface area contributed by atoms with E-state index in [0.717, 1.165) is 18.2 Å². The number of carbonyl (C=O) groups excluding carboxylic acids is 2. The molecule has 0 fully saturated rings. The summed E-state index contributed by atoms with van der Waals surface area (Å²) in [6.07, 6.45) is -1.21. The average molecular weight is 377 g/mol. The third-order valence-corrected chi connectivity index (χ3v) is 3.49. The Bertz CT molecular complexity index is 823.